The monoisotopic (exact) mass is 255 g/mol. The van der Waals surface area contributed by atoms with E-state index in [4.69, 9.17) is 11.6 Å². The van der Waals surface area contributed by atoms with Crippen LogP contribution in [0, 0.1) is 0 Å². The summed E-state index contributed by atoms with van der Waals surface area (Å²) >= 11 is 6.01. The number of anilines is 1. The molecule has 0 aliphatic carbocycles. The van der Waals surface area contributed by atoms with E-state index < -0.39 is 0 Å². The minimum absolute atomic E-state index is 0.542. The molecular weight excluding hydrogens is 234 g/mol. The van der Waals surface area contributed by atoms with Gasteiger partial charge in [0.15, 0.2) is 0 Å². The molecular formula is C13H22ClN3. The van der Waals surface area contributed by atoms with Gasteiger partial charge in [0, 0.05) is 26.1 Å². The molecule has 1 aromatic rings. The topological polar surface area (TPSA) is 29.0 Å². The van der Waals surface area contributed by atoms with E-state index in [1.165, 1.54) is 19.3 Å². The SMILES string of the molecule is CCCCCN(C)c1cc(Cl)nc(CCC)n1. The standard InChI is InChI=1S/C13H22ClN3/c1-4-6-7-9-17(3)13-10-11(14)15-12(16-13)8-5-2/h10H,4-9H2,1-3H3. The maximum absolute atomic E-state index is 6.01. The van der Waals surface area contributed by atoms with Crippen LogP contribution in [0.3, 0.4) is 0 Å². The quantitative estimate of drug-likeness (QED) is 0.549. The number of nitrogens with zero attached hydrogens (tertiary/aromatic N) is 3. The summed E-state index contributed by atoms with van der Waals surface area (Å²) in [6, 6.07) is 1.84. The van der Waals surface area contributed by atoms with Crippen molar-refractivity contribution in [3.63, 3.8) is 0 Å². The Morgan fingerprint density at radius 1 is 1.18 bits per heavy atom. The van der Waals surface area contributed by atoms with Gasteiger partial charge >= 0.3 is 0 Å². The molecule has 1 aromatic heterocycles. The second-order valence-corrected chi connectivity index (χ2v) is 4.73. The van der Waals surface area contributed by atoms with Crippen LogP contribution in [0.15, 0.2) is 6.07 Å². The zero-order chi connectivity index (χ0) is 12.7. The second-order valence-electron chi connectivity index (χ2n) is 4.34. The highest BCUT2D eigenvalue weighted by Crippen LogP contribution is 2.16. The highest BCUT2D eigenvalue weighted by atomic mass is 35.5. The lowest BCUT2D eigenvalue weighted by Crippen LogP contribution is -2.20. The summed E-state index contributed by atoms with van der Waals surface area (Å²) in [6.07, 6.45) is 5.61. The Hall–Kier alpha value is -0.830. The fourth-order valence-corrected chi connectivity index (χ4v) is 1.89. The molecule has 0 N–H and O–H groups in total. The highest BCUT2D eigenvalue weighted by molar-refractivity contribution is 6.29. The van der Waals surface area contributed by atoms with Crippen LogP contribution in [0.2, 0.25) is 5.15 Å². The Balaban J connectivity index is 2.67. The summed E-state index contributed by atoms with van der Waals surface area (Å²) in [4.78, 5) is 10.9. The molecule has 0 saturated heterocycles. The Kier molecular flexibility index (Phi) is 6.27. The first-order chi connectivity index (χ1) is 8.17. The number of hydrogen-bond donors (Lipinski definition) is 0. The van der Waals surface area contributed by atoms with Gasteiger partial charge < -0.3 is 4.90 Å². The molecule has 0 amide bonds. The number of hydrogen-bond acceptors (Lipinski definition) is 3. The van der Waals surface area contributed by atoms with Crippen molar-refractivity contribution >= 4 is 17.4 Å². The first-order valence-electron chi connectivity index (χ1n) is 6.42. The summed E-state index contributed by atoms with van der Waals surface area (Å²) in [7, 11) is 2.06. The number of aryl methyl sites for hydroxylation is 1. The van der Waals surface area contributed by atoms with Crippen LogP contribution in [0.5, 0.6) is 0 Å². The minimum atomic E-state index is 0.542. The summed E-state index contributed by atoms with van der Waals surface area (Å²) in [6.45, 7) is 5.35. The van der Waals surface area contributed by atoms with Crippen molar-refractivity contribution in [2.75, 3.05) is 18.5 Å². The van der Waals surface area contributed by atoms with E-state index in [0.717, 1.165) is 31.0 Å². The molecule has 0 aliphatic heterocycles. The van der Waals surface area contributed by atoms with E-state index in [9.17, 15) is 0 Å². The van der Waals surface area contributed by atoms with Gasteiger partial charge in [0.1, 0.15) is 16.8 Å². The molecule has 17 heavy (non-hydrogen) atoms. The van der Waals surface area contributed by atoms with Crippen molar-refractivity contribution in [3.05, 3.63) is 17.0 Å². The van der Waals surface area contributed by atoms with Crippen LogP contribution >= 0.6 is 11.6 Å². The van der Waals surface area contributed by atoms with Crippen molar-refractivity contribution in [3.8, 4) is 0 Å². The smallest absolute Gasteiger partial charge is 0.134 e. The van der Waals surface area contributed by atoms with Gasteiger partial charge in [-0.05, 0) is 12.8 Å². The Morgan fingerprint density at radius 3 is 2.59 bits per heavy atom. The Bertz CT molecular complexity index is 341. The van der Waals surface area contributed by atoms with Crippen molar-refractivity contribution in [1.82, 2.24) is 9.97 Å². The maximum Gasteiger partial charge on any atom is 0.134 e. The lowest BCUT2D eigenvalue weighted by atomic mass is 10.2. The average Bonchev–Trinajstić information content (AvgIpc) is 2.29. The third-order valence-electron chi connectivity index (χ3n) is 2.69. The highest BCUT2D eigenvalue weighted by Gasteiger charge is 2.06. The predicted octanol–water partition coefficient (Wildman–Crippen LogP) is 3.71. The third kappa shape index (κ3) is 4.90. The lowest BCUT2D eigenvalue weighted by Gasteiger charge is -2.18. The summed E-state index contributed by atoms with van der Waals surface area (Å²) in [5.74, 6) is 1.78. The van der Waals surface area contributed by atoms with Gasteiger partial charge in [-0.2, -0.15) is 0 Å². The van der Waals surface area contributed by atoms with E-state index in [0.29, 0.717) is 5.15 Å². The van der Waals surface area contributed by atoms with Crippen molar-refractivity contribution in [1.29, 1.82) is 0 Å². The fraction of sp³-hybridized carbons (Fsp3) is 0.692. The Labute approximate surface area is 109 Å². The van der Waals surface area contributed by atoms with E-state index in [1.54, 1.807) is 0 Å². The number of aromatic nitrogens is 2. The molecule has 96 valence electrons. The van der Waals surface area contributed by atoms with Gasteiger partial charge in [0.25, 0.3) is 0 Å². The second kappa shape index (κ2) is 7.49. The molecule has 0 aromatic carbocycles. The summed E-state index contributed by atoms with van der Waals surface area (Å²) in [5.41, 5.74) is 0. The molecule has 0 spiro atoms. The average molecular weight is 256 g/mol. The van der Waals surface area contributed by atoms with Crippen LogP contribution in [-0.2, 0) is 6.42 Å². The van der Waals surface area contributed by atoms with E-state index in [-0.39, 0.29) is 0 Å². The molecule has 4 heteroatoms. The fourth-order valence-electron chi connectivity index (χ4n) is 1.70. The molecule has 1 heterocycles. The molecule has 0 unspecified atom stereocenters. The molecule has 3 nitrogen and oxygen atoms in total. The first kappa shape index (κ1) is 14.2. The van der Waals surface area contributed by atoms with Crippen molar-refractivity contribution in [2.24, 2.45) is 0 Å². The van der Waals surface area contributed by atoms with Gasteiger partial charge in [-0.3, -0.25) is 0 Å². The van der Waals surface area contributed by atoms with Gasteiger partial charge in [0.05, 0.1) is 0 Å². The molecule has 0 aliphatic rings. The van der Waals surface area contributed by atoms with Crippen LogP contribution in [0.4, 0.5) is 5.82 Å². The van der Waals surface area contributed by atoms with Gasteiger partial charge in [-0.1, -0.05) is 38.3 Å². The molecule has 0 saturated carbocycles. The molecule has 1 rings (SSSR count). The van der Waals surface area contributed by atoms with E-state index in [2.05, 4.69) is 35.8 Å². The van der Waals surface area contributed by atoms with Crippen LogP contribution in [0.1, 0.15) is 45.4 Å². The summed E-state index contributed by atoms with van der Waals surface area (Å²) in [5, 5.41) is 0.542. The van der Waals surface area contributed by atoms with Crippen LogP contribution < -0.4 is 4.90 Å². The van der Waals surface area contributed by atoms with Gasteiger partial charge in [-0.25, -0.2) is 9.97 Å². The zero-order valence-corrected chi connectivity index (χ0v) is 11.8. The van der Waals surface area contributed by atoms with E-state index >= 15 is 0 Å². The van der Waals surface area contributed by atoms with Crippen molar-refractivity contribution < 1.29 is 0 Å². The number of rotatable bonds is 7. The molecule has 0 bridgehead atoms. The molecule has 0 atom stereocenters. The maximum atomic E-state index is 6.01. The third-order valence-corrected chi connectivity index (χ3v) is 2.88. The lowest BCUT2D eigenvalue weighted by molar-refractivity contribution is 0.698. The van der Waals surface area contributed by atoms with E-state index in [1.807, 2.05) is 6.07 Å². The predicted molar refractivity (Wildman–Crippen MR) is 73.8 cm³/mol. The number of unbranched alkanes of at least 4 members (excludes halogenated alkanes) is 2. The summed E-state index contributed by atoms with van der Waals surface area (Å²) < 4.78 is 0. The largest absolute Gasteiger partial charge is 0.360 e. The first-order valence-corrected chi connectivity index (χ1v) is 6.79. The number of halogens is 1. The van der Waals surface area contributed by atoms with Crippen LogP contribution in [0.25, 0.3) is 0 Å². The van der Waals surface area contributed by atoms with Gasteiger partial charge in [-0.15, -0.1) is 0 Å². The zero-order valence-electron chi connectivity index (χ0n) is 11.0. The van der Waals surface area contributed by atoms with Crippen LogP contribution in [-0.4, -0.2) is 23.6 Å². The minimum Gasteiger partial charge on any atom is -0.360 e. The molecule has 0 fully saturated rings. The normalized spacial score (nSPS) is 10.6. The van der Waals surface area contributed by atoms with Crippen molar-refractivity contribution in [2.45, 2.75) is 46.0 Å². The van der Waals surface area contributed by atoms with Gasteiger partial charge in [0.2, 0.25) is 0 Å². The Morgan fingerprint density at radius 2 is 1.94 bits per heavy atom. The molecule has 0 radical (unpaired) electrons.